The molecule has 0 aromatic heterocycles. The molecule has 0 rings (SSSR count). The molecule has 14 heavy (non-hydrogen) atoms. The van der Waals surface area contributed by atoms with Gasteiger partial charge in [-0.05, 0) is 6.42 Å². The number of carbonyl (C=O) groups excluding carboxylic acids is 2. The van der Waals surface area contributed by atoms with E-state index in [0.717, 1.165) is 19.4 Å². The molecule has 0 aliphatic rings. The first-order valence-corrected chi connectivity index (χ1v) is 4.99. The average Bonchev–Trinajstić information content (AvgIpc) is 2.24. The molecule has 0 aliphatic carbocycles. The van der Waals surface area contributed by atoms with Crippen LogP contribution in [0.3, 0.4) is 0 Å². The van der Waals surface area contributed by atoms with E-state index in [9.17, 15) is 4.79 Å². The monoisotopic (exact) mass is 202 g/mol. The second-order valence-corrected chi connectivity index (χ2v) is 3.05. The van der Waals surface area contributed by atoms with E-state index in [0.29, 0.717) is 6.41 Å². The molecule has 2 amide bonds. The molecule has 4 heteroatoms. The summed E-state index contributed by atoms with van der Waals surface area (Å²) in [5.74, 6) is 0. The fourth-order valence-corrected chi connectivity index (χ4v) is 0.841. The van der Waals surface area contributed by atoms with Crippen LogP contribution in [0.2, 0.25) is 0 Å². The lowest BCUT2D eigenvalue weighted by Gasteiger charge is -2.08. The van der Waals surface area contributed by atoms with Crippen LogP contribution < -0.4 is 5.32 Å². The van der Waals surface area contributed by atoms with Gasteiger partial charge in [0.05, 0.1) is 0 Å². The molecular formula is C10H22N2O2. The molecule has 0 atom stereocenters. The topological polar surface area (TPSA) is 49.4 Å². The smallest absolute Gasteiger partial charge is 0.209 e. The SMILES string of the molecule is CCCCCCN(C)C=O.CNC=O. The fourth-order valence-electron chi connectivity index (χ4n) is 0.841. The van der Waals surface area contributed by atoms with Crippen LogP contribution in [0.1, 0.15) is 32.6 Å². The lowest BCUT2D eigenvalue weighted by atomic mass is 10.2. The highest BCUT2D eigenvalue weighted by Crippen LogP contribution is 1.98. The van der Waals surface area contributed by atoms with Gasteiger partial charge >= 0.3 is 0 Å². The Labute approximate surface area is 86.7 Å². The van der Waals surface area contributed by atoms with E-state index in [2.05, 4.69) is 12.2 Å². The summed E-state index contributed by atoms with van der Waals surface area (Å²) in [7, 11) is 3.38. The van der Waals surface area contributed by atoms with Gasteiger partial charge in [-0.1, -0.05) is 26.2 Å². The van der Waals surface area contributed by atoms with Crippen molar-refractivity contribution in [3.8, 4) is 0 Å². The van der Waals surface area contributed by atoms with Crippen molar-refractivity contribution in [2.24, 2.45) is 0 Å². The molecule has 0 saturated carbocycles. The van der Waals surface area contributed by atoms with E-state index in [4.69, 9.17) is 4.79 Å². The van der Waals surface area contributed by atoms with Crippen molar-refractivity contribution in [2.75, 3.05) is 20.6 Å². The van der Waals surface area contributed by atoms with Gasteiger partial charge in [0.2, 0.25) is 12.8 Å². The zero-order valence-corrected chi connectivity index (χ0v) is 9.45. The normalized spacial score (nSPS) is 8.21. The van der Waals surface area contributed by atoms with Gasteiger partial charge in [0.1, 0.15) is 0 Å². The molecule has 0 aliphatic heterocycles. The first kappa shape index (κ1) is 15.4. The molecule has 0 aromatic carbocycles. The van der Waals surface area contributed by atoms with E-state index in [1.807, 2.05) is 7.05 Å². The highest BCUT2D eigenvalue weighted by atomic mass is 16.1. The van der Waals surface area contributed by atoms with Crippen LogP contribution in [-0.4, -0.2) is 38.4 Å². The average molecular weight is 202 g/mol. The zero-order chi connectivity index (χ0) is 11.2. The summed E-state index contributed by atoms with van der Waals surface area (Å²) in [6.07, 6.45) is 6.43. The maximum Gasteiger partial charge on any atom is 0.209 e. The van der Waals surface area contributed by atoms with Gasteiger partial charge in [0.25, 0.3) is 0 Å². The van der Waals surface area contributed by atoms with Gasteiger partial charge in [-0.2, -0.15) is 0 Å². The number of hydrogen-bond donors (Lipinski definition) is 1. The maximum atomic E-state index is 10.1. The summed E-state index contributed by atoms with van der Waals surface area (Å²) in [6.45, 7) is 3.09. The van der Waals surface area contributed by atoms with E-state index >= 15 is 0 Å². The second kappa shape index (κ2) is 14.5. The van der Waals surface area contributed by atoms with Crippen molar-refractivity contribution in [1.82, 2.24) is 10.2 Å². The largest absolute Gasteiger partial charge is 0.362 e. The van der Waals surface area contributed by atoms with Crippen LogP contribution in [0, 0.1) is 0 Å². The summed E-state index contributed by atoms with van der Waals surface area (Å²) in [5, 5.41) is 2.25. The number of unbranched alkanes of at least 4 members (excludes halogenated alkanes) is 3. The second-order valence-electron chi connectivity index (χ2n) is 3.05. The molecule has 0 bridgehead atoms. The molecule has 0 saturated heterocycles. The third-order valence-electron chi connectivity index (χ3n) is 1.66. The Kier molecular flexibility index (Phi) is 15.9. The van der Waals surface area contributed by atoms with Crippen LogP contribution in [0.25, 0.3) is 0 Å². The van der Waals surface area contributed by atoms with E-state index < -0.39 is 0 Å². The van der Waals surface area contributed by atoms with Crippen molar-refractivity contribution in [1.29, 1.82) is 0 Å². The molecule has 1 N–H and O–H groups in total. The van der Waals surface area contributed by atoms with Gasteiger partial charge in [0.15, 0.2) is 0 Å². The zero-order valence-electron chi connectivity index (χ0n) is 9.45. The minimum Gasteiger partial charge on any atom is -0.362 e. The Morgan fingerprint density at radius 2 is 1.79 bits per heavy atom. The molecule has 0 aromatic rings. The number of hydrogen-bond acceptors (Lipinski definition) is 2. The number of nitrogens with one attached hydrogen (secondary N) is 1. The van der Waals surface area contributed by atoms with E-state index in [-0.39, 0.29) is 0 Å². The molecule has 0 unspecified atom stereocenters. The van der Waals surface area contributed by atoms with Gasteiger partial charge in [-0.15, -0.1) is 0 Å². The highest BCUT2D eigenvalue weighted by molar-refractivity contribution is 5.46. The predicted octanol–water partition coefficient (Wildman–Crippen LogP) is 1.02. The lowest BCUT2D eigenvalue weighted by Crippen LogP contribution is -2.16. The summed E-state index contributed by atoms with van der Waals surface area (Å²) in [5.41, 5.74) is 0. The molecule has 84 valence electrons. The molecule has 0 spiro atoms. The van der Waals surface area contributed by atoms with Gasteiger partial charge in [-0.25, -0.2) is 0 Å². The first-order chi connectivity index (χ1) is 6.72. The standard InChI is InChI=1S/C8H17NO.C2H5NO/c1-3-4-5-6-7-9(2)8-10;1-3-2-4/h8H,3-7H2,1-2H3;2H,1H3,(H,3,4). The number of rotatable bonds is 7. The first-order valence-electron chi connectivity index (χ1n) is 4.99. The number of amides is 2. The third kappa shape index (κ3) is 17.1. The van der Waals surface area contributed by atoms with Crippen LogP contribution in [0.5, 0.6) is 0 Å². The minimum absolute atomic E-state index is 0.625. The van der Waals surface area contributed by atoms with Crippen LogP contribution in [0.4, 0.5) is 0 Å². The van der Waals surface area contributed by atoms with Crippen molar-refractivity contribution in [3.05, 3.63) is 0 Å². The van der Waals surface area contributed by atoms with Crippen LogP contribution in [-0.2, 0) is 9.59 Å². The predicted molar refractivity (Wildman–Crippen MR) is 58.0 cm³/mol. The maximum absolute atomic E-state index is 10.1. The van der Waals surface area contributed by atoms with Crippen molar-refractivity contribution in [2.45, 2.75) is 32.6 Å². The van der Waals surface area contributed by atoms with Crippen LogP contribution in [0.15, 0.2) is 0 Å². The Bertz CT molecular complexity index is 129. The third-order valence-corrected chi connectivity index (χ3v) is 1.66. The van der Waals surface area contributed by atoms with Gasteiger partial charge in [0, 0.05) is 20.6 Å². The molecule has 0 fully saturated rings. The molecule has 0 radical (unpaired) electrons. The Morgan fingerprint density at radius 1 is 1.21 bits per heavy atom. The molecule has 0 heterocycles. The Hall–Kier alpha value is -1.06. The van der Waals surface area contributed by atoms with E-state index in [1.165, 1.54) is 19.3 Å². The molecule has 4 nitrogen and oxygen atoms in total. The summed E-state index contributed by atoms with van der Waals surface area (Å²) >= 11 is 0. The van der Waals surface area contributed by atoms with Crippen LogP contribution >= 0.6 is 0 Å². The number of carbonyl (C=O) groups is 2. The molecular weight excluding hydrogens is 180 g/mol. The van der Waals surface area contributed by atoms with Crippen molar-refractivity contribution >= 4 is 12.8 Å². The summed E-state index contributed by atoms with van der Waals surface area (Å²) in [4.78, 5) is 20.8. The fraction of sp³-hybridized carbons (Fsp3) is 0.800. The Balaban J connectivity index is 0. The van der Waals surface area contributed by atoms with Gasteiger partial charge < -0.3 is 10.2 Å². The minimum atomic E-state index is 0.625. The quantitative estimate of drug-likeness (QED) is 0.495. The van der Waals surface area contributed by atoms with Crippen molar-refractivity contribution in [3.63, 3.8) is 0 Å². The van der Waals surface area contributed by atoms with Crippen molar-refractivity contribution < 1.29 is 9.59 Å². The number of nitrogens with zero attached hydrogens (tertiary/aromatic N) is 1. The summed E-state index contributed by atoms with van der Waals surface area (Å²) < 4.78 is 0. The van der Waals surface area contributed by atoms with Gasteiger partial charge in [-0.3, -0.25) is 9.59 Å². The Morgan fingerprint density at radius 3 is 2.14 bits per heavy atom. The highest BCUT2D eigenvalue weighted by Gasteiger charge is 1.91. The summed E-state index contributed by atoms with van der Waals surface area (Å²) in [6, 6.07) is 0. The lowest BCUT2D eigenvalue weighted by molar-refractivity contribution is -0.117. The van der Waals surface area contributed by atoms with E-state index in [1.54, 1.807) is 11.9 Å².